The Balaban J connectivity index is 2.00. The molecule has 0 unspecified atom stereocenters. The number of amides is 1. The zero-order valence-electron chi connectivity index (χ0n) is 10.8. The van der Waals surface area contributed by atoms with Crippen molar-refractivity contribution in [2.75, 3.05) is 27.2 Å². The molecule has 0 N–H and O–H groups in total. The molecule has 0 saturated carbocycles. The summed E-state index contributed by atoms with van der Waals surface area (Å²) in [6, 6.07) is 4.36. The first-order chi connectivity index (χ1) is 8.08. The summed E-state index contributed by atoms with van der Waals surface area (Å²) in [5.41, 5.74) is 0. The van der Waals surface area contributed by atoms with Gasteiger partial charge < -0.3 is 9.80 Å². The highest BCUT2D eigenvalue weighted by Gasteiger charge is 2.25. The average Bonchev–Trinajstić information content (AvgIpc) is 2.75. The van der Waals surface area contributed by atoms with Gasteiger partial charge >= 0.3 is 0 Å². The zero-order valence-corrected chi connectivity index (χ0v) is 11.6. The molecule has 0 aromatic carbocycles. The molecule has 0 bridgehead atoms. The van der Waals surface area contributed by atoms with E-state index in [1.54, 1.807) is 11.3 Å². The summed E-state index contributed by atoms with van der Waals surface area (Å²) < 4.78 is 0. The van der Waals surface area contributed by atoms with Gasteiger partial charge in [-0.05, 0) is 52.0 Å². The van der Waals surface area contributed by atoms with Gasteiger partial charge in [0.05, 0.1) is 4.88 Å². The standard InChI is InChI=1S/C13H20N2OS/c1-10-4-5-12(17-10)13(16)15(3)11-6-8-14(2)9-7-11/h4-5,11H,6-9H2,1-3H3. The fourth-order valence-corrected chi connectivity index (χ4v) is 3.12. The number of hydrogen-bond acceptors (Lipinski definition) is 3. The Morgan fingerprint density at radius 1 is 1.41 bits per heavy atom. The molecule has 1 aliphatic heterocycles. The summed E-state index contributed by atoms with van der Waals surface area (Å²) >= 11 is 1.59. The van der Waals surface area contributed by atoms with Crippen molar-refractivity contribution in [1.29, 1.82) is 0 Å². The van der Waals surface area contributed by atoms with Crippen LogP contribution >= 0.6 is 11.3 Å². The molecule has 2 rings (SSSR count). The van der Waals surface area contributed by atoms with Gasteiger partial charge in [0.2, 0.25) is 0 Å². The number of carbonyl (C=O) groups is 1. The molecule has 17 heavy (non-hydrogen) atoms. The Bertz CT molecular complexity index is 394. The fraction of sp³-hybridized carbons (Fsp3) is 0.615. The van der Waals surface area contributed by atoms with Crippen LogP contribution < -0.4 is 0 Å². The lowest BCUT2D eigenvalue weighted by molar-refractivity contribution is 0.0664. The number of carbonyl (C=O) groups excluding carboxylic acids is 1. The maximum atomic E-state index is 12.3. The van der Waals surface area contributed by atoms with Crippen LogP contribution in [0.5, 0.6) is 0 Å². The van der Waals surface area contributed by atoms with Gasteiger partial charge in [0.25, 0.3) is 5.91 Å². The van der Waals surface area contributed by atoms with E-state index in [0.717, 1.165) is 30.8 Å². The number of likely N-dealkylation sites (tertiary alicyclic amines) is 1. The largest absolute Gasteiger partial charge is 0.338 e. The number of hydrogen-bond donors (Lipinski definition) is 0. The fourth-order valence-electron chi connectivity index (χ4n) is 2.27. The third-order valence-electron chi connectivity index (χ3n) is 3.51. The van der Waals surface area contributed by atoms with Gasteiger partial charge in [0.1, 0.15) is 0 Å². The van der Waals surface area contributed by atoms with Gasteiger partial charge in [-0.1, -0.05) is 0 Å². The van der Waals surface area contributed by atoms with Crippen LogP contribution in [-0.2, 0) is 0 Å². The minimum atomic E-state index is 0.178. The van der Waals surface area contributed by atoms with Crippen LogP contribution in [0.3, 0.4) is 0 Å². The molecule has 1 aromatic heterocycles. The summed E-state index contributed by atoms with van der Waals surface area (Å²) in [6.45, 7) is 4.22. The Hall–Kier alpha value is -0.870. The average molecular weight is 252 g/mol. The number of piperidine rings is 1. The second kappa shape index (κ2) is 5.19. The minimum Gasteiger partial charge on any atom is -0.338 e. The quantitative estimate of drug-likeness (QED) is 0.806. The molecule has 1 aliphatic rings. The van der Waals surface area contributed by atoms with Crippen LogP contribution in [0.1, 0.15) is 27.4 Å². The van der Waals surface area contributed by atoms with Crippen LogP contribution in [0.4, 0.5) is 0 Å². The molecule has 1 aromatic rings. The second-order valence-corrected chi connectivity index (χ2v) is 6.15. The van der Waals surface area contributed by atoms with E-state index in [9.17, 15) is 4.79 Å². The van der Waals surface area contributed by atoms with E-state index in [1.165, 1.54) is 4.88 Å². The molecular formula is C13H20N2OS. The highest BCUT2D eigenvalue weighted by atomic mass is 32.1. The maximum Gasteiger partial charge on any atom is 0.263 e. The molecule has 0 aliphatic carbocycles. The van der Waals surface area contributed by atoms with Gasteiger partial charge in [-0.2, -0.15) is 0 Å². The lowest BCUT2D eigenvalue weighted by Gasteiger charge is -2.34. The summed E-state index contributed by atoms with van der Waals surface area (Å²) in [4.78, 5) is 18.6. The Morgan fingerprint density at radius 2 is 2.06 bits per heavy atom. The van der Waals surface area contributed by atoms with Crippen molar-refractivity contribution in [2.24, 2.45) is 0 Å². The van der Waals surface area contributed by atoms with Gasteiger partial charge in [-0.15, -0.1) is 11.3 Å². The zero-order chi connectivity index (χ0) is 12.4. The van der Waals surface area contributed by atoms with Gasteiger partial charge in [-0.3, -0.25) is 4.79 Å². The van der Waals surface area contributed by atoms with E-state index in [-0.39, 0.29) is 5.91 Å². The number of rotatable bonds is 2. The van der Waals surface area contributed by atoms with Crippen molar-refractivity contribution in [3.8, 4) is 0 Å². The van der Waals surface area contributed by atoms with E-state index in [1.807, 2.05) is 31.0 Å². The molecule has 1 saturated heterocycles. The first kappa shape index (κ1) is 12.6. The van der Waals surface area contributed by atoms with Gasteiger partial charge in [0.15, 0.2) is 0 Å². The van der Waals surface area contributed by atoms with Crippen molar-refractivity contribution in [3.05, 3.63) is 21.9 Å². The minimum absolute atomic E-state index is 0.178. The van der Waals surface area contributed by atoms with Crippen molar-refractivity contribution in [3.63, 3.8) is 0 Å². The van der Waals surface area contributed by atoms with Gasteiger partial charge in [0, 0.05) is 18.0 Å². The van der Waals surface area contributed by atoms with Crippen LogP contribution in [0, 0.1) is 6.92 Å². The van der Waals surface area contributed by atoms with Crippen molar-refractivity contribution in [1.82, 2.24) is 9.80 Å². The Labute approximate surface area is 107 Å². The predicted molar refractivity (Wildman–Crippen MR) is 71.7 cm³/mol. The summed E-state index contributed by atoms with van der Waals surface area (Å²) in [6.07, 6.45) is 2.17. The number of thiophene rings is 1. The third kappa shape index (κ3) is 2.87. The summed E-state index contributed by atoms with van der Waals surface area (Å²) in [7, 11) is 4.08. The number of nitrogens with zero attached hydrogens (tertiary/aromatic N) is 2. The first-order valence-electron chi connectivity index (χ1n) is 6.10. The van der Waals surface area contributed by atoms with Crippen LogP contribution in [0.25, 0.3) is 0 Å². The second-order valence-electron chi connectivity index (χ2n) is 4.86. The van der Waals surface area contributed by atoms with Crippen LogP contribution in [-0.4, -0.2) is 48.9 Å². The van der Waals surface area contributed by atoms with E-state index < -0.39 is 0 Å². The van der Waals surface area contributed by atoms with Crippen molar-refractivity contribution in [2.45, 2.75) is 25.8 Å². The smallest absolute Gasteiger partial charge is 0.263 e. The topological polar surface area (TPSA) is 23.6 Å². The molecule has 0 radical (unpaired) electrons. The molecule has 2 heterocycles. The molecule has 0 spiro atoms. The van der Waals surface area contributed by atoms with E-state index >= 15 is 0 Å². The predicted octanol–water partition coefficient (Wildman–Crippen LogP) is 2.22. The van der Waals surface area contributed by atoms with Crippen molar-refractivity contribution >= 4 is 17.2 Å². The molecule has 1 fully saturated rings. The lowest BCUT2D eigenvalue weighted by Crippen LogP contribution is -2.44. The normalized spacial score (nSPS) is 18.3. The van der Waals surface area contributed by atoms with E-state index in [0.29, 0.717) is 6.04 Å². The van der Waals surface area contributed by atoms with Gasteiger partial charge in [-0.25, -0.2) is 0 Å². The summed E-state index contributed by atoms with van der Waals surface area (Å²) in [5, 5.41) is 0. The molecular weight excluding hydrogens is 232 g/mol. The Kier molecular flexibility index (Phi) is 3.84. The van der Waals surface area contributed by atoms with E-state index in [2.05, 4.69) is 11.9 Å². The molecule has 0 atom stereocenters. The van der Waals surface area contributed by atoms with Crippen LogP contribution in [0.2, 0.25) is 0 Å². The molecule has 4 heteroatoms. The first-order valence-corrected chi connectivity index (χ1v) is 6.91. The lowest BCUT2D eigenvalue weighted by atomic mass is 10.0. The SMILES string of the molecule is Cc1ccc(C(=O)N(C)C2CCN(C)CC2)s1. The third-order valence-corrected chi connectivity index (χ3v) is 4.50. The Morgan fingerprint density at radius 3 is 2.59 bits per heavy atom. The monoisotopic (exact) mass is 252 g/mol. The highest BCUT2D eigenvalue weighted by Crippen LogP contribution is 2.21. The summed E-state index contributed by atoms with van der Waals surface area (Å²) in [5.74, 6) is 0.178. The molecule has 94 valence electrons. The highest BCUT2D eigenvalue weighted by molar-refractivity contribution is 7.13. The van der Waals surface area contributed by atoms with Crippen molar-refractivity contribution < 1.29 is 4.79 Å². The van der Waals surface area contributed by atoms with Crippen LogP contribution in [0.15, 0.2) is 12.1 Å². The van der Waals surface area contributed by atoms with E-state index in [4.69, 9.17) is 0 Å². The number of aryl methyl sites for hydroxylation is 1. The molecule has 3 nitrogen and oxygen atoms in total. The maximum absolute atomic E-state index is 12.3. The molecule has 1 amide bonds.